The second-order valence-corrected chi connectivity index (χ2v) is 4.17. The zero-order valence-corrected chi connectivity index (χ0v) is 11.0. The lowest BCUT2D eigenvalue weighted by Gasteiger charge is -2.11. The normalized spacial score (nSPS) is 12.6. The van der Waals surface area contributed by atoms with Gasteiger partial charge in [-0.3, -0.25) is 0 Å². The molecule has 7 heteroatoms. The van der Waals surface area contributed by atoms with Crippen molar-refractivity contribution < 1.29 is 9.53 Å². The Labute approximate surface area is 106 Å². The van der Waals surface area contributed by atoms with Crippen molar-refractivity contribution >= 4 is 32.9 Å². The molecule has 2 heterocycles. The molecule has 2 aromatic heterocycles. The number of fused-ring (bicyclic) bond motifs is 1. The molecule has 0 spiro atoms. The molecule has 2 rings (SSSR count). The fourth-order valence-electron chi connectivity index (χ4n) is 1.48. The first-order chi connectivity index (χ1) is 8.15. The monoisotopic (exact) mass is 298 g/mol. The standard InChI is InChI=1S/C10H11BrN4O2/c1-3-17-10(16)6(2)15-9-7(8(11)14-15)4-12-5-13-9/h4-6H,3H2,1-2H3. The number of aromatic nitrogens is 4. The number of hydrogen-bond donors (Lipinski definition) is 0. The molecule has 0 saturated carbocycles. The molecule has 0 amide bonds. The van der Waals surface area contributed by atoms with Crippen molar-refractivity contribution in [1.29, 1.82) is 0 Å². The molecule has 0 saturated heterocycles. The van der Waals surface area contributed by atoms with Gasteiger partial charge in [0, 0.05) is 6.20 Å². The van der Waals surface area contributed by atoms with Crippen molar-refractivity contribution in [2.24, 2.45) is 0 Å². The number of rotatable bonds is 3. The molecule has 17 heavy (non-hydrogen) atoms. The topological polar surface area (TPSA) is 69.9 Å². The average Bonchev–Trinajstić information content (AvgIpc) is 2.67. The third kappa shape index (κ3) is 2.14. The summed E-state index contributed by atoms with van der Waals surface area (Å²) in [6.45, 7) is 3.83. The first-order valence-electron chi connectivity index (χ1n) is 5.15. The highest BCUT2D eigenvalue weighted by atomic mass is 79.9. The zero-order chi connectivity index (χ0) is 12.4. The molecular weight excluding hydrogens is 288 g/mol. The SMILES string of the molecule is CCOC(=O)C(C)n1nc(Br)c2cncnc21. The fourth-order valence-corrected chi connectivity index (χ4v) is 1.93. The Hall–Kier alpha value is -1.50. The number of carbonyl (C=O) groups is 1. The van der Waals surface area contributed by atoms with E-state index in [-0.39, 0.29) is 5.97 Å². The summed E-state index contributed by atoms with van der Waals surface area (Å²) in [5.41, 5.74) is 0.604. The molecule has 1 atom stereocenters. The number of esters is 1. The van der Waals surface area contributed by atoms with Gasteiger partial charge in [0.15, 0.2) is 5.65 Å². The van der Waals surface area contributed by atoms with Gasteiger partial charge in [-0.2, -0.15) is 5.10 Å². The number of halogens is 1. The number of nitrogens with zero attached hydrogens (tertiary/aromatic N) is 4. The lowest BCUT2D eigenvalue weighted by atomic mass is 10.3. The molecule has 2 aromatic rings. The summed E-state index contributed by atoms with van der Waals surface area (Å²) >= 11 is 3.31. The third-order valence-electron chi connectivity index (χ3n) is 2.32. The van der Waals surface area contributed by atoms with Crippen LogP contribution >= 0.6 is 15.9 Å². The van der Waals surface area contributed by atoms with E-state index in [2.05, 4.69) is 31.0 Å². The van der Waals surface area contributed by atoms with Crippen LogP contribution in [0.25, 0.3) is 11.0 Å². The predicted octanol–water partition coefficient (Wildman–Crippen LogP) is 1.71. The van der Waals surface area contributed by atoms with Gasteiger partial charge in [-0.15, -0.1) is 0 Å². The molecule has 0 aliphatic rings. The largest absolute Gasteiger partial charge is 0.464 e. The summed E-state index contributed by atoms with van der Waals surface area (Å²) in [5.74, 6) is -0.331. The second kappa shape index (κ2) is 4.79. The van der Waals surface area contributed by atoms with Gasteiger partial charge in [-0.05, 0) is 29.8 Å². The van der Waals surface area contributed by atoms with Crippen LogP contribution in [0.3, 0.4) is 0 Å². The third-order valence-corrected chi connectivity index (χ3v) is 2.91. The summed E-state index contributed by atoms with van der Waals surface area (Å²) in [4.78, 5) is 19.7. The Morgan fingerprint density at radius 3 is 3.12 bits per heavy atom. The van der Waals surface area contributed by atoms with Gasteiger partial charge in [0.2, 0.25) is 0 Å². The highest BCUT2D eigenvalue weighted by Gasteiger charge is 2.21. The summed E-state index contributed by atoms with van der Waals surface area (Å²) < 4.78 is 7.10. The van der Waals surface area contributed by atoms with Crippen molar-refractivity contribution in [3.63, 3.8) is 0 Å². The van der Waals surface area contributed by atoms with Gasteiger partial charge >= 0.3 is 5.97 Å². The quantitative estimate of drug-likeness (QED) is 0.807. The minimum atomic E-state index is -0.515. The van der Waals surface area contributed by atoms with E-state index >= 15 is 0 Å². The van der Waals surface area contributed by atoms with Gasteiger partial charge in [0.1, 0.15) is 17.0 Å². The Balaban J connectivity index is 2.45. The van der Waals surface area contributed by atoms with E-state index in [1.165, 1.54) is 11.0 Å². The van der Waals surface area contributed by atoms with E-state index in [9.17, 15) is 4.79 Å². The smallest absolute Gasteiger partial charge is 0.330 e. The molecule has 0 aromatic carbocycles. The summed E-state index contributed by atoms with van der Waals surface area (Å²) in [7, 11) is 0. The van der Waals surface area contributed by atoms with Crippen LogP contribution in [0.4, 0.5) is 0 Å². The lowest BCUT2D eigenvalue weighted by molar-refractivity contribution is -0.146. The number of carbonyl (C=O) groups excluding carboxylic acids is 1. The highest BCUT2D eigenvalue weighted by molar-refractivity contribution is 9.10. The Bertz CT molecular complexity index is 554. The van der Waals surface area contributed by atoms with Crippen LogP contribution in [0.1, 0.15) is 19.9 Å². The van der Waals surface area contributed by atoms with Crippen LogP contribution < -0.4 is 0 Å². The minimum Gasteiger partial charge on any atom is -0.464 e. The zero-order valence-electron chi connectivity index (χ0n) is 9.42. The van der Waals surface area contributed by atoms with Crippen LogP contribution in [0.15, 0.2) is 17.1 Å². The van der Waals surface area contributed by atoms with Crippen molar-refractivity contribution in [3.8, 4) is 0 Å². The fraction of sp³-hybridized carbons (Fsp3) is 0.400. The van der Waals surface area contributed by atoms with E-state index in [0.717, 1.165) is 5.39 Å². The van der Waals surface area contributed by atoms with Gasteiger partial charge in [-0.1, -0.05) is 0 Å². The summed E-state index contributed by atoms with van der Waals surface area (Å²) in [6.07, 6.45) is 3.07. The van der Waals surface area contributed by atoms with Crippen molar-refractivity contribution in [3.05, 3.63) is 17.1 Å². The van der Waals surface area contributed by atoms with Gasteiger partial charge < -0.3 is 4.74 Å². The molecule has 0 bridgehead atoms. The first kappa shape index (κ1) is 12.0. The van der Waals surface area contributed by atoms with Gasteiger partial charge in [-0.25, -0.2) is 19.4 Å². The molecule has 0 N–H and O–H groups in total. The molecule has 6 nitrogen and oxygen atoms in total. The Kier molecular flexibility index (Phi) is 3.37. The molecule has 0 aliphatic carbocycles. The summed E-state index contributed by atoms with van der Waals surface area (Å²) in [6, 6.07) is -0.515. The van der Waals surface area contributed by atoms with Gasteiger partial charge in [0.25, 0.3) is 0 Å². The molecule has 0 radical (unpaired) electrons. The molecule has 0 aliphatic heterocycles. The van der Waals surface area contributed by atoms with Gasteiger partial charge in [0.05, 0.1) is 12.0 Å². The predicted molar refractivity (Wildman–Crippen MR) is 64.4 cm³/mol. The second-order valence-electron chi connectivity index (χ2n) is 3.42. The average molecular weight is 299 g/mol. The van der Waals surface area contributed by atoms with Crippen molar-refractivity contribution in [2.45, 2.75) is 19.9 Å². The first-order valence-corrected chi connectivity index (χ1v) is 5.94. The Morgan fingerprint density at radius 2 is 2.41 bits per heavy atom. The molecule has 90 valence electrons. The van der Waals surface area contributed by atoms with Crippen LogP contribution in [-0.4, -0.2) is 32.3 Å². The van der Waals surface area contributed by atoms with E-state index in [1.807, 2.05) is 0 Å². The molecule has 1 unspecified atom stereocenters. The van der Waals surface area contributed by atoms with Crippen LogP contribution in [0.2, 0.25) is 0 Å². The maximum atomic E-state index is 11.7. The highest BCUT2D eigenvalue weighted by Crippen LogP contribution is 2.23. The lowest BCUT2D eigenvalue weighted by Crippen LogP contribution is -2.20. The van der Waals surface area contributed by atoms with Crippen molar-refractivity contribution in [1.82, 2.24) is 19.7 Å². The van der Waals surface area contributed by atoms with Crippen LogP contribution in [0, 0.1) is 0 Å². The van der Waals surface area contributed by atoms with E-state index in [1.54, 1.807) is 20.0 Å². The van der Waals surface area contributed by atoms with Crippen molar-refractivity contribution in [2.75, 3.05) is 6.61 Å². The maximum absolute atomic E-state index is 11.7. The minimum absolute atomic E-state index is 0.331. The Morgan fingerprint density at radius 1 is 1.65 bits per heavy atom. The number of hydrogen-bond acceptors (Lipinski definition) is 5. The van der Waals surface area contributed by atoms with Crippen LogP contribution in [-0.2, 0) is 9.53 Å². The van der Waals surface area contributed by atoms with E-state index in [0.29, 0.717) is 16.9 Å². The summed E-state index contributed by atoms with van der Waals surface area (Å²) in [5, 5.41) is 4.99. The molecule has 0 fully saturated rings. The molecular formula is C10H11BrN4O2. The number of ether oxygens (including phenoxy) is 1. The van der Waals surface area contributed by atoms with Crippen LogP contribution in [0.5, 0.6) is 0 Å². The van der Waals surface area contributed by atoms with E-state index < -0.39 is 6.04 Å². The maximum Gasteiger partial charge on any atom is 0.330 e. The van der Waals surface area contributed by atoms with E-state index in [4.69, 9.17) is 4.74 Å².